The largest absolute Gasteiger partial charge is 0.450 e. The second-order valence-corrected chi connectivity index (χ2v) is 9.86. The molecule has 1 aliphatic heterocycles. The molecule has 1 N–H and O–H groups in total. The number of amides is 1. The lowest BCUT2D eigenvalue weighted by atomic mass is 10.1. The van der Waals surface area contributed by atoms with Gasteiger partial charge in [0.1, 0.15) is 11.9 Å². The van der Waals surface area contributed by atoms with Crippen molar-refractivity contribution in [1.82, 2.24) is 4.90 Å². The molecular formula is C24H29FN4O4S. The molecule has 0 aromatic heterocycles. The minimum atomic E-state index is -3.57. The first-order chi connectivity index (χ1) is 16.3. The summed E-state index contributed by atoms with van der Waals surface area (Å²) in [5, 5.41) is 9.62. The van der Waals surface area contributed by atoms with Crippen LogP contribution in [0.1, 0.15) is 30.9 Å². The van der Waals surface area contributed by atoms with Crippen molar-refractivity contribution >= 4 is 27.5 Å². The van der Waals surface area contributed by atoms with E-state index in [1.807, 2.05) is 4.90 Å². The first-order valence-corrected chi connectivity index (χ1v) is 12.9. The third-order valence-electron chi connectivity index (χ3n) is 5.58. The number of nitrogens with one attached hydrogen (secondary N) is 1. The number of rotatable bonds is 9. The highest BCUT2D eigenvalue weighted by atomic mass is 32.2. The Hall–Kier alpha value is -3.32. The van der Waals surface area contributed by atoms with Crippen molar-refractivity contribution in [3.8, 4) is 6.07 Å². The van der Waals surface area contributed by atoms with Crippen LogP contribution >= 0.6 is 0 Å². The molecule has 0 bridgehead atoms. The van der Waals surface area contributed by atoms with Crippen LogP contribution in [0.15, 0.2) is 42.5 Å². The Balaban J connectivity index is 1.53. The summed E-state index contributed by atoms with van der Waals surface area (Å²) in [4.78, 5) is 15.5. The fourth-order valence-electron chi connectivity index (χ4n) is 3.81. The third kappa shape index (κ3) is 7.09. The summed E-state index contributed by atoms with van der Waals surface area (Å²) in [5.74, 6) is -0.342. The smallest absolute Gasteiger partial charge is 0.409 e. The average Bonchev–Trinajstić information content (AvgIpc) is 2.83. The highest BCUT2D eigenvalue weighted by Gasteiger charge is 2.23. The fourth-order valence-corrected chi connectivity index (χ4v) is 4.98. The van der Waals surface area contributed by atoms with Gasteiger partial charge in [0, 0.05) is 31.9 Å². The molecule has 2 aromatic rings. The molecule has 1 amide bonds. The van der Waals surface area contributed by atoms with E-state index in [2.05, 4.69) is 10.8 Å². The van der Waals surface area contributed by atoms with Gasteiger partial charge in [0.15, 0.2) is 0 Å². The zero-order valence-corrected chi connectivity index (χ0v) is 20.0. The summed E-state index contributed by atoms with van der Waals surface area (Å²) in [7, 11) is -3.57. The standard InChI is InChI=1S/C24H29FN4O4S/c1-2-33-24(30)29-14-12-28(13-15-29)23-11-10-22(17-20(23)18-26)27-34(31,32)16-4-3-5-19-6-8-21(25)9-7-19/h6-11,17,27H,2-5,12-16H2,1H3. The van der Waals surface area contributed by atoms with Crippen LogP contribution in [-0.4, -0.2) is 57.9 Å². The molecule has 1 heterocycles. The molecule has 1 saturated heterocycles. The van der Waals surface area contributed by atoms with E-state index in [0.29, 0.717) is 69.0 Å². The van der Waals surface area contributed by atoms with Crippen molar-refractivity contribution in [2.24, 2.45) is 0 Å². The monoisotopic (exact) mass is 488 g/mol. The lowest BCUT2D eigenvalue weighted by molar-refractivity contribution is 0.105. The highest BCUT2D eigenvalue weighted by Crippen LogP contribution is 2.26. The number of unbranched alkanes of at least 4 members (excludes halogenated alkanes) is 1. The molecule has 182 valence electrons. The Morgan fingerprint density at radius 1 is 1.12 bits per heavy atom. The zero-order valence-electron chi connectivity index (χ0n) is 19.2. The molecule has 0 radical (unpaired) electrons. The van der Waals surface area contributed by atoms with Crippen molar-refractivity contribution < 1.29 is 22.3 Å². The number of nitrogens with zero attached hydrogens (tertiary/aromatic N) is 3. The number of hydrogen-bond donors (Lipinski definition) is 1. The maximum atomic E-state index is 13.0. The molecule has 0 spiro atoms. The van der Waals surface area contributed by atoms with Gasteiger partial charge in [-0.1, -0.05) is 12.1 Å². The SMILES string of the molecule is CCOC(=O)N1CCN(c2ccc(NS(=O)(=O)CCCCc3ccc(F)cc3)cc2C#N)CC1. The average molecular weight is 489 g/mol. The number of carbonyl (C=O) groups excluding carboxylic acids is 1. The molecule has 10 heteroatoms. The van der Waals surface area contributed by atoms with E-state index >= 15 is 0 Å². The predicted molar refractivity (Wildman–Crippen MR) is 129 cm³/mol. The molecule has 1 fully saturated rings. The van der Waals surface area contributed by atoms with Gasteiger partial charge in [0.2, 0.25) is 10.0 Å². The maximum Gasteiger partial charge on any atom is 0.409 e. The van der Waals surface area contributed by atoms with E-state index in [1.54, 1.807) is 36.1 Å². The van der Waals surface area contributed by atoms with E-state index in [1.165, 1.54) is 18.2 Å². The number of ether oxygens (including phenoxy) is 1. The molecule has 3 rings (SSSR count). The van der Waals surface area contributed by atoms with E-state index in [0.717, 1.165) is 5.56 Å². The Morgan fingerprint density at radius 3 is 2.47 bits per heavy atom. The molecule has 2 aromatic carbocycles. The van der Waals surface area contributed by atoms with Crippen LogP contribution in [0.5, 0.6) is 0 Å². The minimum absolute atomic E-state index is 0.0480. The van der Waals surface area contributed by atoms with E-state index in [4.69, 9.17) is 4.74 Å². The lowest BCUT2D eigenvalue weighted by Crippen LogP contribution is -2.49. The van der Waals surface area contributed by atoms with Crippen LogP contribution in [0.25, 0.3) is 0 Å². The summed E-state index contributed by atoms with van der Waals surface area (Å²) in [6.07, 6.45) is 1.45. The summed E-state index contributed by atoms with van der Waals surface area (Å²) >= 11 is 0. The summed E-state index contributed by atoms with van der Waals surface area (Å²) in [6, 6.07) is 13.2. The van der Waals surface area contributed by atoms with Crippen LogP contribution in [0.3, 0.4) is 0 Å². The number of aryl methyl sites for hydroxylation is 1. The number of piperazine rings is 1. The zero-order chi connectivity index (χ0) is 24.6. The number of nitriles is 1. The van der Waals surface area contributed by atoms with Gasteiger partial charge in [-0.3, -0.25) is 4.72 Å². The van der Waals surface area contributed by atoms with Crippen molar-refractivity contribution in [2.45, 2.75) is 26.2 Å². The molecule has 8 nitrogen and oxygen atoms in total. The van der Waals surface area contributed by atoms with Gasteiger partial charge in [-0.25, -0.2) is 17.6 Å². The minimum Gasteiger partial charge on any atom is -0.450 e. The van der Waals surface area contributed by atoms with Gasteiger partial charge >= 0.3 is 6.09 Å². The molecule has 34 heavy (non-hydrogen) atoms. The van der Waals surface area contributed by atoms with Crippen LogP contribution in [0.2, 0.25) is 0 Å². The Morgan fingerprint density at radius 2 is 1.82 bits per heavy atom. The number of anilines is 2. The van der Waals surface area contributed by atoms with Gasteiger partial charge in [-0.15, -0.1) is 0 Å². The predicted octanol–water partition coefficient (Wildman–Crippen LogP) is 3.74. The summed E-state index contributed by atoms with van der Waals surface area (Å²) < 4.78 is 45.5. The van der Waals surface area contributed by atoms with Gasteiger partial charge in [-0.2, -0.15) is 5.26 Å². The second-order valence-electron chi connectivity index (χ2n) is 8.02. The van der Waals surface area contributed by atoms with Crippen LogP contribution in [-0.2, 0) is 21.2 Å². The van der Waals surface area contributed by atoms with Crippen molar-refractivity contribution in [3.05, 3.63) is 59.4 Å². The first kappa shape index (κ1) is 25.3. The van der Waals surface area contributed by atoms with Gasteiger partial charge in [0.05, 0.1) is 23.6 Å². The topological polar surface area (TPSA) is 103 Å². The molecular weight excluding hydrogens is 459 g/mol. The van der Waals surface area contributed by atoms with Gasteiger partial charge < -0.3 is 14.5 Å². The number of carbonyl (C=O) groups is 1. The summed E-state index contributed by atoms with van der Waals surface area (Å²) in [6.45, 7) is 4.14. The van der Waals surface area contributed by atoms with E-state index in [-0.39, 0.29) is 17.7 Å². The fraction of sp³-hybridized carbons (Fsp3) is 0.417. The number of benzene rings is 2. The van der Waals surface area contributed by atoms with Crippen molar-refractivity contribution in [1.29, 1.82) is 5.26 Å². The first-order valence-electron chi connectivity index (χ1n) is 11.3. The third-order valence-corrected chi connectivity index (χ3v) is 6.95. The molecule has 0 aliphatic carbocycles. The lowest BCUT2D eigenvalue weighted by Gasteiger charge is -2.35. The van der Waals surface area contributed by atoms with Gasteiger partial charge in [-0.05, 0) is 62.1 Å². The Labute approximate surface area is 200 Å². The summed E-state index contributed by atoms with van der Waals surface area (Å²) in [5.41, 5.74) is 2.36. The van der Waals surface area contributed by atoms with Crippen molar-refractivity contribution in [3.63, 3.8) is 0 Å². The Kier molecular flexibility index (Phi) is 8.71. The molecule has 1 aliphatic rings. The highest BCUT2D eigenvalue weighted by molar-refractivity contribution is 7.92. The quantitative estimate of drug-likeness (QED) is 0.540. The van der Waals surface area contributed by atoms with Crippen LogP contribution < -0.4 is 9.62 Å². The molecule has 0 atom stereocenters. The van der Waals surface area contributed by atoms with E-state index < -0.39 is 10.0 Å². The van der Waals surface area contributed by atoms with Crippen LogP contribution in [0, 0.1) is 17.1 Å². The maximum absolute atomic E-state index is 13.0. The normalized spacial score (nSPS) is 13.9. The van der Waals surface area contributed by atoms with E-state index in [9.17, 15) is 22.9 Å². The molecule has 0 saturated carbocycles. The number of halogens is 1. The van der Waals surface area contributed by atoms with Gasteiger partial charge in [0.25, 0.3) is 0 Å². The second kappa shape index (κ2) is 11.7. The Bertz CT molecular complexity index is 1120. The number of hydrogen-bond acceptors (Lipinski definition) is 6. The van der Waals surface area contributed by atoms with Crippen molar-refractivity contribution in [2.75, 3.05) is 48.2 Å². The van der Waals surface area contributed by atoms with Crippen LogP contribution in [0.4, 0.5) is 20.6 Å². The molecule has 0 unspecified atom stereocenters. The number of sulfonamides is 1.